The van der Waals surface area contributed by atoms with Gasteiger partial charge in [-0.05, 0) is 36.5 Å². The van der Waals surface area contributed by atoms with E-state index in [-0.39, 0.29) is 6.10 Å². The molecule has 0 radical (unpaired) electrons. The van der Waals surface area contributed by atoms with Crippen molar-refractivity contribution >= 4 is 0 Å². The molecule has 0 amide bonds. The smallest absolute Gasteiger partial charge is 0.0571 e. The van der Waals surface area contributed by atoms with Crippen LogP contribution in [0.25, 0.3) is 0 Å². The van der Waals surface area contributed by atoms with Crippen LogP contribution in [-0.4, -0.2) is 11.2 Å². The lowest BCUT2D eigenvalue weighted by atomic mass is 9.67. The molecule has 1 rings (SSSR count). The van der Waals surface area contributed by atoms with Crippen LogP contribution in [0.2, 0.25) is 0 Å². The number of hydrogen-bond donors (Lipinski definition) is 1. The largest absolute Gasteiger partial charge is 0.393 e. The molecule has 1 saturated carbocycles. The molecule has 1 aliphatic carbocycles. The third-order valence-electron chi connectivity index (χ3n) is 3.26. The van der Waals surface area contributed by atoms with Gasteiger partial charge in [-0.2, -0.15) is 0 Å². The molecule has 2 atom stereocenters. The van der Waals surface area contributed by atoms with Crippen molar-refractivity contribution in [3.05, 3.63) is 0 Å². The SMILES string of the molecule is CC(C)C1CC(C)(C)CCC1O. The fourth-order valence-corrected chi connectivity index (χ4v) is 2.31. The van der Waals surface area contributed by atoms with Gasteiger partial charge < -0.3 is 5.11 Å². The topological polar surface area (TPSA) is 20.2 Å². The molecule has 1 aliphatic rings. The van der Waals surface area contributed by atoms with Gasteiger partial charge in [0.2, 0.25) is 0 Å². The fourth-order valence-electron chi connectivity index (χ4n) is 2.31. The molecule has 0 aromatic heterocycles. The zero-order chi connectivity index (χ0) is 9.35. The molecule has 2 unspecified atom stereocenters. The maximum Gasteiger partial charge on any atom is 0.0571 e. The first kappa shape index (κ1) is 10.0. The zero-order valence-electron chi connectivity index (χ0n) is 8.80. The Labute approximate surface area is 76.2 Å². The molecule has 1 fully saturated rings. The first-order valence-corrected chi connectivity index (χ1v) is 5.10. The average Bonchev–Trinajstić information content (AvgIpc) is 1.94. The second kappa shape index (κ2) is 3.37. The molecule has 0 bridgehead atoms. The van der Waals surface area contributed by atoms with Gasteiger partial charge in [-0.3, -0.25) is 0 Å². The molecule has 1 heteroatoms. The fraction of sp³-hybridized carbons (Fsp3) is 1.00. The van der Waals surface area contributed by atoms with Crippen molar-refractivity contribution in [3.8, 4) is 0 Å². The van der Waals surface area contributed by atoms with Gasteiger partial charge in [0.25, 0.3) is 0 Å². The Kier molecular flexibility index (Phi) is 2.82. The first-order chi connectivity index (χ1) is 5.42. The maximum atomic E-state index is 9.77. The summed E-state index contributed by atoms with van der Waals surface area (Å²) in [5, 5.41) is 9.77. The highest BCUT2D eigenvalue weighted by Gasteiger charge is 2.35. The van der Waals surface area contributed by atoms with Crippen LogP contribution in [0.3, 0.4) is 0 Å². The molecular formula is C11H22O. The van der Waals surface area contributed by atoms with E-state index in [2.05, 4.69) is 27.7 Å². The van der Waals surface area contributed by atoms with Crippen molar-refractivity contribution in [2.45, 2.75) is 53.1 Å². The predicted molar refractivity (Wildman–Crippen MR) is 52.0 cm³/mol. The van der Waals surface area contributed by atoms with E-state index in [1.54, 1.807) is 0 Å². The van der Waals surface area contributed by atoms with Gasteiger partial charge in [-0.15, -0.1) is 0 Å². The highest BCUT2D eigenvalue weighted by atomic mass is 16.3. The van der Waals surface area contributed by atoms with Gasteiger partial charge >= 0.3 is 0 Å². The van der Waals surface area contributed by atoms with Gasteiger partial charge in [0.1, 0.15) is 0 Å². The molecule has 1 nitrogen and oxygen atoms in total. The Morgan fingerprint density at radius 1 is 1.33 bits per heavy atom. The predicted octanol–water partition coefficient (Wildman–Crippen LogP) is 2.83. The minimum absolute atomic E-state index is 0.0435. The van der Waals surface area contributed by atoms with Crippen molar-refractivity contribution in [1.82, 2.24) is 0 Å². The average molecular weight is 170 g/mol. The summed E-state index contributed by atoms with van der Waals surface area (Å²) >= 11 is 0. The monoisotopic (exact) mass is 170 g/mol. The van der Waals surface area contributed by atoms with Crippen LogP contribution in [0.15, 0.2) is 0 Å². The zero-order valence-corrected chi connectivity index (χ0v) is 8.80. The van der Waals surface area contributed by atoms with Gasteiger partial charge in [-0.25, -0.2) is 0 Å². The Balaban J connectivity index is 2.59. The highest BCUT2D eigenvalue weighted by Crippen LogP contribution is 2.41. The lowest BCUT2D eigenvalue weighted by Crippen LogP contribution is -2.36. The van der Waals surface area contributed by atoms with E-state index in [9.17, 15) is 5.11 Å². The molecule has 0 aromatic carbocycles. The molecule has 12 heavy (non-hydrogen) atoms. The van der Waals surface area contributed by atoms with Crippen molar-refractivity contribution in [2.75, 3.05) is 0 Å². The minimum atomic E-state index is -0.0435. The van der Waals surface area contributed by atoms with E-state index in [0.717, 1.165) is 6.42 Å². The number of aliphatic hydroxyl groups is 1. The molecular weight excluding hydrogens is 148 g/mol. The lowest BCUT2D eigenvalue weighted by Gasteiger charge is -2.40. The maximum absolute atomic E-state index is 9.77. The molecule has 0 heterocycles. The van der Waals surface area contributed by atoms with Crippen molar-refractivity contribution < 1.29 is 5.11 Å². The molecule has 0 aromatic rings. The van der Waals surface area contributed by atoms with Crippen LogP contribution in [0.5, 0.6) is 0 Å². The Morgan fingerprint density at radius 3 is 2.33 bits per heavy atom. The van der Waals surface area contributed by atoms with Crippen LogP contribution >= 0.6 is 0 Å². The summed E-state index contributed by atoms with van der Waals surface area (Å²) in [4.78, 5) is 0. The molecule has 72 valence electrons. The van der Waals surface area contributed by atoms with Crippen LogP contribution in [0, 0.1) is 17.3 Å². The molecule has 0 saturated heterocycles. The first-order valence-electron chi connectivity index (χ1n) is 5.10. The highest BCUT2D eigenvalue weighted by molar-refractivity contribution is 4.85. The quantitative estimate of drug-likeness (QED) is 0.641. The van der Waals surface area contributed by atoms with Gasteiger partial charge in [0, 0.05) is 0 Å². The van der Waals surface area contributed by atoms with Gasteiger partial charge in [0.05, 0.1) is 6.10 Å². The van der Waals surface area contributed by atoms with Crippen LogP contribution in [0.1, 0.15) is 47.0 Å². The van der Waals surface area contributed by atoms with E-state index in [4.69, 9.17) is 0 Å². The van der Waals surface area contributed by atoms with Crippen molar-refractivity contribution in [1.29, 1.82) is 0 Å². The van der Waals surface area contributed by atoms with E-state index in [1.165, 1.54) is 12.8 Å². The normalized spacial score (nSPS) is 35.5. The summed E-state index contributed by atoms with van der Waals surface area (Å²) in [6.07, 6.45) is 3.32. The van der Waals surface area contributed by atoms with Gasteiger partial charge in [-0.1, -0.05) is 27.7 Å². The summed E-state index contributed by atoms with van der Waals surface area (Å²) in [7, 11) is 0. The molecule has 1 N–H and O–H groups in total. The summed E-state index contributed by atoms with van der Waals surface area (Å²) in [5.41, 5.74) is 0.453. The summed E-state index contributed by atoms with van der Waals surface area (Å²) < 4.78 is 0. The third kappa shape index (κ3) is 2.22. The number of rotatable bonds is 1. The van der Waals surface area contributed by atoms with Gasteiger partial charge in [0.15, 0.2) is 0 Å². The number of hydrogen-bond acceptors (Lipinski definition) is 1. The standard InChI is InChI=1S/C11H22O/c1-8(2)9-7-11(3,4)6-5-10(9)12/h8-10,12H,5-7H2,1-4H3. The van der Waals surface area contributed by atoms with E-state index < -0.39 is 0 Å². The summed E-state index contributed by atoms with van der Waals surface area (Å²) in [6, 6.07) is 0. The second-order valence-corrected chi connectivity index (χ2v) is 5.38. The minimum Gasteiger partial charge on any atom is -0.393 e. The van der Waals surface area contributed by atoms with Crippen LogP contribution in [-0.2, 0) is 0 Å². The van der Waals surface area contributed by atoms with Crippen LogP contribution < -0.4 is 0 Å². The van der Waals surface area contributed by atoms with E-state index in [1.807, 2.05) is 0 Å². The van der Waals surface area contributed by atoms with E-state index in [0.29, 0.717) is 17.3 Å². The van der Waals surface area contributed by atoms with E-state index >= 15 is 0 Å². The van der Waals surface area contributed by atoms with Crippen LogP contribution in [0.4, 0.5) is 0 Å². The summed E-state index contributed by atoms with van der Waals surface area (Å²) in [5.74, 6) is 1.15. The second-order valence-electron chi connectivity index (χ2n) is 5.38. The Hall–Kier alpha value is -0.0400. The summed E-state index contributed by atoms with van der Waals surface area (Å²) in [6.45, 7) is 9.06. The molecule has 0 aliphatic heterocycles. The Morgan fingerprint density at radius 2 is 1.92 bits per heavy atom. The molecule has 0 spiro atoms. The Bertz CT molecular complexity index is 149. The number of aliphatic hydroxyl groups excluding tert-OH is 1. The lowest BCUT2D eigenvalue weighted by molar-refractivity contribution is 0.000261. The third-order valence-corrected chi connectivity index (χ3v) is 3.26. The van der Waals surface area contributed by atoms with Crippen molar-refractivity contribution in [2.24, 2.45) is 17.3 Å². The van der Waals surface area contributed by atoms with Crippen molar-refractivity contribution in [3.63, 3.8) is 0 Å².